The Morgan fingerprint density at radius 2 is 2.14 bits per heavy atom. The highest BCUT2D eigenvalue weighted by molar-refractivity contribution is 9.10. The van der Waals surface area contributed by atoms with Crippen LogP contribution in [0, 0.1) is 0 Å². The molecule has 0 fully saturated rings. The summed E-state index contributed by atoms with van der Waals surface area (Å²) in [6.45, 7) is 0. The molecule has 14 heavy (non-hydrogen) atoms. The molecule has 1 nitrogen and oxygen atoms in total. The van der Waals surface area contributed by atoms with Crippen molar-refractivity contribution in [3.8, 4) is 5.75 Å². The molecule has 0 saturated carbocycles. The lowest BCUT2D eigenvalue weighted by atomic mass is 10.1. The molecule has 1 aromatic carbocycles. The van der Waals surface area contributed by atoms with Crippen LogP contribution in [0.3, 0.4) is 0 Å². The van der Waals surface area contributed by atoms with E-state index in [9.17, 15) is 13.9 Å². The Hall–Kier alpha value is -0.680. The summed E-state index contributed by atoms with van der Waals surface area (Å²) >= 11 is 4.50. The van der Waals surface area contributed by atoms with Crippen LogP contribution in [0.25, 0.3) is 10.1 Å². The molecule has 0 amide bonds. The number of hydrogen-bond acceptors (Lipinski definition) is 2. The van der Waals surface area contributed by atoms with Gasteiger partial charge in [0.2, 0.25) is 0 Å². The predicted molar refractivity (Wildman–Crippen MR) is 56.1 cm³/mol. The van der Waals surface area contributed by atoms with Crippen molar-refractivity contribution in [2.24, 2.45) is 0 Å². The molecule has 1 aromatic heterocycles. The third-order valence-electron chi connectivity index (χ3n) is 1.92. The molecule has 0 saturated heterocycles. The minimum Gasteiger partial charge on any atom is -0.506 e. The molecule has 0 aliphatic rings. The van der Waals surface area contributed by atoms with Crippen molar-refractivity contribution in [1.29, 1.82) is 0 Å². The van der Waals surface area contributed by atoms with Crippen LogP contribution in [-0.2, 0) is 0 Å². The molecule has 1 heterocycles. The van der Waals surface area contributed by atoms with E-state index < -0.39 is 6.43 Å². The van der Waals surface area contributed by atoms with Gasteiger partial charge in [-0.05, 0) is 38.8 Å². The largest absolute Gasteiger partial charge is 0.506 e. The molecule has 74 valence electrons. The minimum absolute atomic E-state index is 0.331. The fourth-order valence-corrected chi connectivity index (χ4v) is 2.80. The highest BCUT2D eigenvalue weighted by Gasteiger charge is 2.18. The van der Waals surface area contributed by atoms with Crippen LogP contribution in [0.2, 0.25) is 0 Å². The zero-order valence-corrected chi connectivity index (χ0v) is 9.20. The number of alkyl halides is 2. The van der Waals surface area contributed by atoms with E-state index in [-0.39, 0.29) is 11.3 Å². The number of phenolic OH excluding ortho intramolecular Hbond substituents is 1. The van der Waals surface area contributed by atoms with Gasteiger partial charge in [0.25, 0.3) is 6.43 Å². The number of rotatable bonds is 1. The number of aromatic hydroxyl groups is 1. The first kappa shape index (κ1) is 9.86. The van der Waals surface area contributed by atoms with Gasteiger partial charge >= 0.3 is 0 Å². The first-order chi connectivity index (χ1) is 6.61. The molecular weight excluding hydrogens is 274 g/mol. The highest BCUT2D eigenvalue weighted by Crippen LogP contribution is 2.41. The summed E-state index contributed by atoms with van der Waals surface area (Å²) in [6.07, 6.45) is -2.66. The van der Waals surface area contributed by atoms with Gasteiger partial charge in [-0.3, -0.25) is 0 Å². The molecule has 0 aliphatic heterocycles. The Balaban J connectivity index is 2.80. The zero-order chi connectivity index (χ0) is 10.3. The quantitative estimate of drug-likeness (QED) is 0.824. The van der Waals surface area contributed by atoms with E-state index in [4.69, 9.17) is 0 Å². The van der Waals surface area contributed by atoms with Crippen molar-refractivity contribution in [3.05, 3.63) is 27.5 Å². The van der Waals surface area contributed by atoms with E-state index in [1.54, 1.807) is 11.4 Å². The molecule has 0 aliphatic carbocycles. The molecule has 0 spiro atoms. The van der Waals surface area contributed by atoms with Gasteiger partial charge in [0.15, 0.2) is 0 Å². The number of hydrogen-bond donors (Lipinski definition) is 1. The van der Waals surface area contributed by atoms with Crippen LogP contribution >= 0.6 is 27.3 Å². The molecule has 5 heteroatoms. The normalized spacial score (nSPS) is 11.4. The Kier molecular flexibility index (Phi) is 2.45. The summed E-state index contributed by atoms with van der Waals surface area (Å²) in [6, 6.07) is 3.06. The summed E-state index contributed by atoms with van der Waals surface area (Å²) < 4.78 is 26.1. The standard InChI is InChI=1S/C9H5BrF2OS/c10-6-7(13)5(9(11)12)3-4-1-2-14-8(4)6/h1-3,9,13H. The Morgan fingerprint density at radius 1 is 1.43 bits per heavy atom. The third-order valence-corrected chi connectivity index (χ3v) is 3.90. The van der Waals surface area contributed by atoms with Crippen LogP contribution in [0.1, 0.15) is 12.0 Å². The van der Waals surface area contributed by atoms with Gasteiger partial charge in [-0.25, -0.2) is 8.78 Å². The van der Waals surface area contributed by atoms with Gasteiger partial charge in [0.1, 0.15) is 5.75 Å². The molecule has 2 aromatic rings. The fourth-order valence-electron chi connectivity index (χ4n) is 1.25. The van der Waals surface area contributed by atoms with Crippen molar-refractivity contribution >= 4 is 37.4 Å². The van der Waals surface area contributed by atoms with Crippen LogP contribution in [0.5, 0.6) is 5.75 Å². The van der Waals surface area contributed by atoms with Gasteiger partial charge in [-0.15, -0.1) is 11.3 Å². The maximum Gasteiger partial charge on any atom is 0.267 e. The second-order valence-corrected chi connectivity index (χ2v) is 4.48. The van der Waals surface area contributed by atoms with Crippen molar-refractivity contribution in [2.75, 3.05) is 0 Å². The van der Waals surface area contributed by atoms with Crippen LogP contribution in [0.15, 0.2) is 22.0 Å². The maximum atomic E-state index is 12.5. The lowest BCUT2D eigenvalue weighted by Crippen LogP contribution is -1.86. The van der Waals surface area contributed by atoms with Crippen molar-refractivity contribution in [3.63, 3.8) is 0 Å². The van der Waals surface area contributed by atoms with E-state index in [1.807, 2.05) is 0 Å². The van der Waals surface area contributed by atoms with Crippen molar-refractivity contribution in [1.82, 2.24) is 0 Å². The highest BCUT2D eigenvalue weighted by atomic mass is 79.9. The number of benzene rings is 1. The number of thiophene rings is 1. The summed E-state index contributed by atoms with van der Waals surface area (Å²) in [7, 11) is 0. The second-order valence-electron chi connectivity index (χ2n) is 2.77. The molecule has 2 rings (SSSR count). The number of fused-ring (bicyclic) bond motifs is 1. The summed E-state index contributed by atoms with van der Waals surface area (Å²) in [5.41, 5.74) is -0.331. The molecule has 0 bridgehead atoms. The Labute approximate surface area is 91.1 Å². The first-order valence-corrected chi connectivity index (χ1v) is 5.45. The zero-order valence-electron chi connectivity index (χ0n) is 6.80. The van der Waals surface area contributed by atoms with E-state index >= 15 is 0 Å². The monoisotopic (exact) mass is 278 g/mol. The van der Waals surface area contributed by atoms with Crippen molar-refractivity contribution < 1.29 is 13.9 Å². The first-order valence-electron chi connectivity index (χ1n) is 3.78. The number of halogens is 3. The second kappa shape index (κ2) is 3.47. The molecular formula is C9H5BrF2OS. The van der Waals surface area contributed by atoms with Crippen LogP contribution in [0.4, 0.5) is 8.78 Å². The smallest absolute Gasteiger partial charge is 0.267 e. The summed E-state index contributed by atoms with van der Waals surface area (Å²) in [4.78, 5) is 0. The molecule has 0 atom stereocenters. The molecule has 0 radical (unpaired) electrons. The third kappa shape index (κ3) is 1.40. The van der Waals surface area contributed by atoms with Gasteiger partial charge in [-0.2, -0.15) is 0 Å². The average molecular weight is 279 g/mol. The van der Waals surface area contributed by atoms with Gasteiger partial charge in [0.05, 0.1) is 14.7 Å². The van der Waals surface area contributed by atoms with E-state index in [0.29, 0.717) is 4.47 Å². The minimum atomic E-state index is -2.66. The Morgan fingerprint density at radius 3 is 2.79 bits per heavy atom. The SMILES string of the molecule is Oc1c(C(F)F)cc2ccsc2c1Br. The number of phenols is 1. The lowest BCUT2D eigenvalue weighted by molar-refractivity contribution is 0.147. The van der Waals surface area contributed by atoms with Crippen LogP contribution in [-0.4, -0.2) is 5.11 Å². The van der Waals surface area contributed by atoms with Crippen LogP contribution < -0.4 is 0 Å². The lowest BCUT2D eigenvalue weighted by Gasteiger charge is -2.06. The van der Waals surface area contributed by atoms with Gasteiger partial charge in [0, 0.05) is 0 Å². The predicted octanol–water partition coefficient (Wildman–Crippen LogP) is 4.31. The van der Waals surface area contributed by atoms with E-state index in [1.165, 1.54) is 17.4 Å². The molecule has 1 N–H and O–H groups in total. The topological polar surface area (TPSA) is 20.2 Å². The van der Waals surface area contributed by atoms with E-state index in [2.05, 4.69) is 15.9 Å². The van der Waals surface area contributed by atoms with Crippen molar-refractivity contribution in [2.45, 2.75) is 6.43 Å². The van der Waals surface area contributed by atoms with E-state index in [0.717, 1.165) is 10.1 Å². The summed E-state index contributed by atoms with van der Waals surface area (Å²) in [5, 5.41) is 12.0. The van der Waals surface area contributed by atoms with Gasteiger partial charge < -0.3 is 5.11 Å². The summed E-state index contributed by atoms with van der Waals surface area (Å²) in [5.74, 6) is -0.366. The van der Waals surface area contributed by atoms with Gasteiger partial charge in [-0.1, -0.05) is 0 Å². The fraction of sp³-hybridized carbons (Fsp3) is 0.111. The Bertz CT molecular complexity index is 481. The molecule has 0 unspecified atom stereocenters. The maximum absolute atomic E-state index is 12.5. The average Bonchev–Trinajstić information content (AvgIpc) is 2.58.